The van der Waals surface area contributed by atoms with Crippen LogP contribution in [0.4, 0.5) is 5.95 Å². The van der Waals surface area contributed by atoms with Gasteiger partial charge in [0.25, 0.3) is 0 Å². The number of amides is 1. The summed E-state index contributed by atoms with van der Waals surface area (Å²) in [6, 6.07) is 12.5. The smallest absolute Gasteiger partial charge is 0.342 e. The van der Waals surface area contributed by atoms with E-state index in [9.17, 15) is 13.2 Å². The Morgan fingerprint density at radius 2 is 1.88 bits per heavy atom. The van der Waals surface area contributed by atoms with E-state index < -0.39 is 10.1 Å². The molecule has 0 aliphatic heterocycles. The van der Waals surface area contributed by atoms with E-state index in [1.54, 1.807) is 18.5 Å². The molecule has 164 valence electrons. The lowest BCUT2D eigenvalue weighted by atomic mass is 10.1. The highest BCUT2D eigenvalue weighted by molar-refractivity contribution is 7.87. The summed E-state index contributed by atoms with van der Waals surface area (Å²) in [4.78, 5) is 23.1. The van der Waals surface area contributed by atoms with Crippen LogP contribution in [-0.2, 0) is 21.3 Å². The van der Waals surface area contributed by atoms with Crippen molar-refractivity contribution in [3.8, 4) is 5.75 Å². The number of nitrogens with zero attached hydrogens (tertiary/aromatic N) is 2. The van der Waals surface area contributed by atoms with Gasteiger partial charge in [-0.2, -0.15) is 8.42 Å². The summed E-state index contributed by atoms with van der Waals surface area (Å²) in [5.74, 6) is 0.0530. The van der Waals surface area contributed by atoms with Crippen LogP contribution in [0.1, 0.15) is 12.0 Å². The number of fused-ring (bicyclic) bond motifs is 1. The Morgan fingerprint density at radius 1 is 1.09 bits per heavy atom. The Balaban J connectivity index is 1.47. The van der Waals surface area contributed by atoms with E-state index >= 15 is 0 Å². The number of carbonyl (C=O) groups excluding carboxylic acids is 1. The second-order valence-corrected chi connectivity index (χ2v) is 9.06. The summed E-state index contributed by atoms with van der Waals surface area (Å²) in [7, 11) is -4.26. The van der Waals surface area contributed by atoms with E-state index in [1.807, 2.05) is 12.1 Å². The third-order valence-electron chi connectivity index (χ3n) is 4.45. The van der Waals surface area contributed by atoms with E-state index in [0.29, 0.717) is 17.5 Å². The van der Waals surface area contributed by atoms with E-state index in [-0.39, 0.29) is 39.0 Å². The molecule has 0 aliphatic rings. The molecule has 0 unspecified atom stereocenters. The molecule has 0 fully saturated rings. The maximum absolute atomic E-state index is 12.6. The van der Waals surface area contributed by atoms with Crippen LogP contribution in [0.2, 0.25) is 10.0 Å². The predicted molar refractivity (Wildman–Crippen MR) is 122 cm³/mol. The van der Waals surface area contributed by atoms with Crippen molar-refractivity contribution in [2.75, 3.05) is 5.32 Å². The van der Waals surface area contributed by atoms with Gasteiger partial charge in [-0.3, -0.25) is 15.1 Å². The Bertz CT molecular complexity index is 1370. The molecule has 0 bridgehead atoms. The molecule has 4 aromatic rings. The molecule has 0 saturated heterocycles. The monoisotopic (exact) mass is 490 g/mol. The quantitative estimate of drug-likeness (QED) is 0.365. The van der Waals surface area contributed by atoms with E-state index in [0.717, 1.165) is 5.56 Å². The maximum Gasteiger partial charge on any atom is 0.342 e. The first kappa shape index (κ1) is 22.1. The van der Waals surface area contributed by atoms with Gasteiger partial charge in [0.1, 0.15) is 10.6 Å². The predicted octanol–water partition coefficient (Wildman–Crippen LogP) is 4.60. The van der Waals surface area contributed by atoms with Crippen molar-refractivity contribution in [1.82, 2.24) is 15.0 Å². The molecule has 2 aromatic carbocycles. The van der Waals surface area contributed by atoms with Crippen molar-refractivity contribution < 1.29 is 17.4 Å². The Hall–Kier alpha value is -3.14. The molecule has 11 heteroatoms. The zero-order valence-corrected chi connectivity index (χ0v) is 18.7. The Morgan fingerprint density at radius 3 is 2.59 bits per heavy atom. The fourth-order valence-electron chi connectivity index (χ4n) is 2.99. The number of rotatable bonds is 7. The number of hydrogen-bond donors (Lipinski definition) is 2. The highest BCUT2D eigenvalue weighted by Crippen LogP contribution is 2.32. The third-order valence-corrected chi connectivity index (χ3v) is 6.66. The number of carbonyl (C=O) groups is 1. The average molecular weight is 491 g/mol. The van der Waals surface area contributed by atoms with Gasteiger partial charge >= 0.3 is 10.1 Å². The fourth-order valence-corrected chi connectivity index (χ4v) is 5.01. The Kier molecular flexibility index (Phi) is 6.31. The van der Waals surface area contributed by atoms with Crippen LogP contribution in [0.25, 0.3) is 11.0 Å². The van der Waals surface area contributed by atoms with Crippen molar-refractivity contribution in [1.29, 1.82) is 0 Å². The van der Waals surface area contributed by atoms with Crippen LogP contribution < -0.4 is 9.50 Å². The molecule has 2 N–H and O–H groups in total. The van der Waals surface area contributed by atoms with Gasteiger partial charge in [0.2, 0.25) is 11.9 Å². The summed E-state index contributed by atoms with van der Waals surface area (Å²) < 4.78 is 30.5. The van der Waals surface area contributed by atoms with Crippen LogP contribution in [-0.4, -0.2) is 29.3 Å². The minimum absolute atomic E-state index is 0.0339. The van der Waals surface area contributed by atoms with Crippen molar-refractivity contribution in [3.63, 3.8) is 0 Å². The number of pyridine rings is 1. The molecule has 0 aliphatic carbocycles. The SMILES string of the molecule is O=C(CCc1cccnc1)Nc1nc2ccc(OS(=O)(=O)c3c(Cl)cccc3Cl)cc2[nH]1. The third kappa shape index (κ3) is 5.01. The van der Waals surface area contributed by atoms with Crippen LogP contribution in [0.3, 0.4) is 0 Å². The molecule has 32 heavy (non-hydrogen) atoms. The van der Waals surface area contributed by atoms with Gasteiger partial charge < -0.3 is 9.17 Å². The summed E-state index contributed by atoms with van der Waals surface area (Å²) >= 11 is 12.0. The highest BCUT2D eigenvalue weighted by Gasteiger charge is 2.24. The van der Waals surface area contributed by atoms with Crippen LogP contribution in [0, 0.1) is 0 Å². The van der Waals surface area contributed by atoms with Crippen molar-refractivity contribution in [2.24, 2.45) is 0 Å². The Labute approximate surface area is 193 Å². The molecular formula is C21H16Cl2N4O4S. The van der Waals surface area contributed by atoms with Gasteiger partial charge in [0.05, 0.1) is 21.1 Å². The molecule has 0 radical (unpaired) electrons. The number of benzene rings is 2. The number of H-pyrrole nitrogens is 1. The molecule has 8 nitrogen and oxygen atoms in total. The molecule has 0 spiro atoms. The lowest BCUT2D eigenvalue weighted by Crippen LogP contribution is -2.13. The zero-order valence-electron chi connectivity index (χ0n) is 16.4. The number of anilines is 1. The zero-order chi connectivity index (χ0) is 22.7. The minimum atomic E-state index is -4.26. The topological polar surface area (TPSA) is 114 Å². The lowest BCUT2D eigenvalue weighted by Gasteiger charge is -2.09. The second kappa shape index (κ2) is 9.15. The summed E-state index contributed by atoms with van der Waals surface area (Å²) in [5.41, 5.74) is 1.95. The van der Waals surface area contributed by atoms with Crippen LogP contribution in [0.5, 0.6) is 5.75 Å². The number of aryl methyl sites for hydroxylation is 1. The molecule has 4 rings (SSSR count). The van der Waals surface area contributed by atoms with Gasteiger partial charge in [0, 0.05) is 24.9 Å². The number of imidazole rings is 1. The number of aromatic nitrogens is 3. The summed E-state index contributed by atoms with van der Waals surface area (Å²) in [6.07, 6.45) is 4.18. The minimum Gasteiger partial charge on any atom is -0.379 e. The average Bonchev–Trinajstić information content (AvgIpc) is 3.13. The second-order valence-electron chi connectivity index (χ2n) is 6.76. The standard InChI is InChI=1S/C21H16Cl2N4O4S/c22-15-4-1-5-16(23)20(15)32(29,30)31-14-7-8-17-18(11-14)26-21(25-17)27-19(28)9-6-13-3-2-10-24-12-13/h1-5,7-8,10-12H,6,9H2,(H2,25,26,27,28). The molecule has 2 aromatic heterocycles. The lowest BCUT2D eigenvalue weighted by molar-refractivity contribution is -0.116. The molecular weight excluding hydrogens is 475 g/mol. The van der Waals surface area contributed by atoms with Gasteiger partial charge in [-0.1, -0.05) is 35.3 Å². The van der Waals surface area contributed by atoms with Crippen LogP contribution in [0.15, 0.2) is 65.8 Å². The maximum atomic E-state index is 12.6. The fraction of sp³-hybridized carbons (Fsp3) is 0.0952. The summed E-state index contributed by atoms with van der Waals surface area (Å²) in [6.45, 7) is 0. The molecule has 2 heterocycles. The van der Waals surface area contributed by atoms with E-state index in [1.165, 1.54) is 30.3 Å². The normalized spacial score (nSPS) is 11.4. The molecule has 1 amide bonds. The molecule has 0 saturated carbocycles. The van der Waals surface area contributed by atoms with Crippen molar-refractivity contribution in [3.05, 3.63) is 76.5 Å². The van der Waals surface area contributed by atoms with Gasteiger partial charge in [0.15, 0.2) is 0 Å². The van der Waals surface area contributed by atoms with E-state index in [2.05, 4.69) is 20.3 Å². The molecule has 0 atom stereocenters. The number of aromatic amines is 1. The van der Waals surface area contributed by atoms with Crippen LogP contribution >= 0.6 is 23.2 Å². The first-order valence-corrected chi connectivity index (χ1v) is 11.6. The highest BCUT2D eigenvalue weighted by atomic mass is 35.5. The largest absolute Gasteiger partial charge is 0.379 e. The number of nitrogens with one attached hydrogen (secondary N) is 2. The summed E-state index contributed by atoms with van der Waals surface area (Å²) in [5, 5.41) is 2.60. The van der Waals surface area contributed by atoms with E-state index in [4.69, 9.17) is 27.4 Å². The number of halogens is 2. The first-order valence-electron chi connectivity index (χ1n) is 9.39. The van der Waals surface area contributed by atoms with Crippen molar-refractivity contribution >= 4 is 56.2 Å². The van der Waals surface area contributed by atoms with Gasteiger partial charge in [-0.15, -0.1) is 0 Å². The van der Waals surface area contributed by atoms with Crippen molar-refractivity contribution in [2.45, 2.75) is 17.7 Å². The van der Waals surface area contributed by atoms with Gasteiger partial charge in [-0.25, -0.2) is 4.98 Å². The first-order chi connectivity index (χ1) is 15.3. The number of hydrogen-bond acceptors (Lipinski definition) is 6. The van der Waals surface area contributed by atoms with Gasteiger partial charge in [-0.05, 0) is 42.3 Å².